The number of aryl methyl sites for hydroxylation is 2. The van der Waals surface area contributed by atoms with E-state index in [0.717, 1.165) is 41.3 Å². The van der Waals surface area contributed by atoms with Crippen LogP contribution < -0.4 is 0 Å². The molecule has 3 aromatic rings. The molecule has 0 saturated carbocycles. The molecule has 0 saturated heterocycles. The van der Waals surface area contributed by atoms with Crippen molar-refractivity contribution in [1.82, 2.24) is 19.6 Å². The standard InChI is InChI=1S/C16H20N4O/c1-5-12(6-2)13-7-10(3)19-20-15(11(4)18-16(13)20)14-8-21-9-17-14/h7-9,12H,5-6H2,1-4H3. The molecule has 0 bridgehead atoms. The highest BCUT2D eigenvalue weighted by atomic mass is 16.3. The number of nitrogens with zero attached hydrogens (tertiary/aromatic N) is 4. The average molecular weight is 284 g/mol. The van der Waals surface area contributed by atoms with Gasteiger partial charge in [0.2, 0.25) is 0 Å². The maximum Gasteiger partial charge on any atom is 0.181 e. The van der Waals surface area contributed by atoms with Crippen LogP contribution in [-0.2, 0) is 0 Å². The van der Waals surface area contributed by atoms with E-state index in [1.165, 1.54) is 12.0 Å². The Kier molecular flexibility index (Phi) is 3.49. The summed E-state index contributed by atoms with van der Waals surface area (Å²) in [7, 11) is 0. The Bertz CT molecular complexity index is 754. The van der Waals surface area contributed by atoms with E-state index in [0.29, 0.717) is 5.92 Å². The van der Waals surface area contributed by atoms with Crippen molar-refractivity contribution < 1.29 is 4.42 Å². The Morgan fingerprint density at radius 3 is 2.62 bits per heavy atom. The van der Waals surface area contributed by atoms with Crippen LogP contribution in [-0.4, -0.2) is 19.6 Å². The zero-order valence-electron chi connectivity index (χ0n) is 12.9. The molecule has 0 unspecified atom stereocenters. The molecule has 0 aliphatic carbocycles. The van der Waals surface area contributed by atoms with E-state index in [-0.39, 0.29) is 0 Å². The molecule has 110 valence electrons. The van der Waals surface area contributed by atoms with Crippen LogP contribution in [0.1, 0.15) is 49.6 Å². The quantitative estimate of drug-likeness (QED) is 0.729. The molecule has 0 atom stereocenters. The number of hydrogen-bond donors (Lipinski definition) is 0. The van der Waals surface area contributed by atoms with Crippen molar-refractivity contribution in [2.24, 2.45) is 0 Å². The molecular formula is C16H20N4O. The lowest BCUT2D eigenvalue weighted by molar-refractivity contribution is 0.558. The van der Waals surface area contributed by atoms with Gasteiger partial charge in [0.1, 0.15) is 17.7 Å². The Labute approximate surface area is 124 Å². The van der Waals surface area contributed by atoms with Gasteiger partial charge in [-0.1, -0.05) is 13.8 Å². The van der Waals surface area contributed by atoms with Crippen LogP contribution in [0.4, 0.5) is 0 Å². The zero-order chi connectivity index (χ0) is 15.0. The fourth-order valence-corrected chi connectivity index (χ4v) is 2.93. The third-order valence-electron chi connectivity index (χ3n) is 4.01. The number of fused-ring (bicyclic) bond motifs is 1. The number of hydrogen-bond acceptors (Lipinski definition) is 4. The van der Waals surface area contributed by atoms with Gasteiger partial charge in [0, 0.05) is 5.56 Å². The Balaban J connectivity index is 2.31. The summed E-state index contributed by atoms with van der Waals surface area (Å²) in [5.41, 5.74) is 5.80. The Morgan fingerprint density at radius 1 is 1.24 bits per heavy atom. The molecular weight excluding hydrogens is 264 g/mol. The van der Waals surface area contributed by atoms with Gasteiger partial charge in [0.05, 0.1) is 11.4 Å². The molecule has 0 fully saturated rings. The van der Waals surface area contributed by atoms with E-state index >= 15 is 0 Å². The summed E-state index contributed by atoms with van der Waals surface area (Å²) >= 11 is 0. The van der Waals surface area contributed by atoms with E-state index in [1.807, 2.05) is 18.4 Å². The van der Waals surface area contributed by atoms with E-state index in [1.54, 1.807) is 6.26 Å². The van der Waals surface area contributed by atoms with Crippen LogP contribution in [0, 0.1) is 13.8 Å². The second-order valence-corrected chi connectivity index (χ2v) is 5.41. The normalized spacial score (nSPS) is 11.7. The van der Waals surface area contributed by atoms with Crippen molar-refractivity contribution >= 4 is 5.65 Å². The summed E-state index contributed by atoms with van der Waals surface area (Å²) in [6, 6.07) is 2.16. The van der Waals surface area contributed by atoms with Crippen molar-refractivity contribution in [2.45, 2.75) is 46.5 Å². The second-order valence-electron chi connectivity index (χ2n) is 5.41. The lowest BCUT2D eigenvalue weighted by Gasteiger charge is -2.14. The van der Waals surface area contributed by atoms with Crippen LogP contribution in [0.2, 0.25) is 0 Å². The van der Waals surface area contributed by atoms with Crippen molar-refractivity contribution in [3.8, 4) is 11.4 Å². The van der Waals surface area contributed by atoms with Gasteiger partial charge < -0.3 is 4.42 Å². The van der Waals surface area contributed by atoms with Crippen molar-refractivity contribution in [3.05, 3.63) is 35.7 Å². The van der Waals surface area contributed by atoms with E-state index in [4.69, 9.17) is 9.40 Å². The van der Waals surface area contributed by atoms with Gasteiger partial charge in [-0.25, -0.2) is 14.5 Å². The highest BCUT2D eigenvalue weighted by molar-refractivity contribution is 5.64. The minimum atomic E-state index is 0.501. The molecule has 3 heterocycles. The lowest BCUT2D eigenvalue weighted by Crippen LogP contribution is -2.05. The largest absolute Gasteiger partial charge is 0.451 e. The SMILES string of the molecule is CCC(CC)c1cc(C)nn2c(-c3cocn3)c(C)nc12. The molecule has 21 heavy (non-hydrogen) atoms. The first-order chi connectivity index (χ1) is 10.2. The highest BCUT2D eigenvalue weighted by Gasteiger charge is 2.20. The van der Waals surface area contributed by atoms with Crippen LogP contribution >= 0.6 is 0 Å². The predicted octanol–water partition coefficient (Wildman–Crippen LogP) is 3.90. The number of rotatable bonds is 4. The Hall–Kier alpha value is -2.17. The molecule has 3 rings (SSSR count). The molecule has 0 N–H and O–H groups in total. The van der Waals surface area contributed by atoms with Crippen LogP contribution in [0.5, 0.6) is 0 Å². The number of imidazole rings is 1. The van der Waals surface area contributed by atoms with Gasteiger partial charge in [-0.2, -0.15) is 5.10 Å². The summed E-state index contributed by atoms with van der Waals surface area (Å²) in [6.45, 7) is 8.45. The first kappa shape index (κ1) is 13.8. The fourth-order valence-electron chi connectivity index (χ4n) is 2.93. The van der Waals surface area contributed by atoms with Crippen molar-refractivity contribution in [1.29, 1.82) is 0 Å². The molecule has 5 nitrogen and oxygen atoms in total. The lowest BCUT2D eigenvalue weighted by atomic mass is 9.95. The van der Waals surface area contributed by atoms with Crippen molar-refractivity contribution in [2.75, 3.05) is 0 Å². The Morgan fingerprint density at radius 2 is 2.00 bits per heavy atom. The summed E-state index contributed by atoms with van der Waals surface area (Å²) in [6.07, 6.45) is 5.27. The van der Waals surface area contributed by atoms with Gasteiger partial charge in [-0.15, -0.1) is 0 Å². The topological polar surface area (TPSA) is 56.2 Å². The van der Waals surface area contributed by atoms with Gasteiger partial charge in [-0.3, -0.25) is 0 Å². The van der Waals surface area contributed by atoms with Crippen LogP contribution in [0.25, 0.3) is 17.0 Å². The minimum absolute atomic E-state index is 0.501. The zero-order valence-corrected chi connectivity index (χ0v) is 12.9. The monoisotopic (exact) mass is 284 g/mol. The molecule has 3 aromatic heterocycles. The second kappa shape index (κ2) is 5.31. The summed E-state index contributed by atoms with van der Waals surface area (Å²) < 4.78 is 7.03. The third kappa shape index (κ3) is 2.22. The predicted molar refractivity (Wildman–Crippen MR) is 81.3 cm³/mol. The van der Waals surface area contributed by atoms with E-state index in [9.17, 15) is 0 Å². The number of aromatic nitrogens is 4. The van der Waals surface area contributed by atoms with E-state index < -0.39 is 0 Å². The summed E-state index contributed by atoms with van der Waals surface area (Å²) in [5.74, 6) is 0.501. The molecule has 0 aliphatic heterocycles. The summed E-state index contributed by atoms with van der Waals surface area (Å²) in [5, 5.41) is 4.64. The number of oxazole rings is 1. The third-order valence-corrected chi connectivity index (χ3v) is 4.01. The molecule has 0 aliphatic rings. The first-order valence-corrected chi connectivity index (χ1v) is 7.41. The fraction of sp³-hybridized carbons (Fsp3) is 0.438. The minimum Gasteiger partial charge on any atom is -0.451 e. The van der Waals surface area contributed by atoms with E-state index in [2.05, 4.69) is 30.0 Å². The molecule has 0 radical (unpaired) electrons. The summed E-state index contributed by atoms with van der Waals surface area (Å²) in [4.78, 5) is 8.99. The van der Waals surface area contributed by atoms with Crippen LogP contribution in [0.15, 0.2) is 23.1 Å². The first-order valence-electron chi connectivity index (χ1n) is 7.41. The maximum atomic E-state index is 5.11. The molecule has 0 spiro atoms. The highest BCUT2D eigenvalue weighted by Crippen LogP contribution is 2.30. The molecule has 0 aromatic carbocycles. The maximum absolute atomic E-state index is 5.11. The molecule has 0 amide bonds. The molecule has 5 heteroatoms. The van der Waals surface area contributed by atoms with Crippen molar-refractivity contribution in [3.63, 3.8) is 0 Å². The van der Waals surface area contributed by atoms with Gasteiger partial charge in [-0.05, 0) is 38.7 Å². The average Bonchev–Trinajstić information content (AvgIpc) is 3.07. The van der Waals surface area contributed by atoms with Crippen LogP contribution in [0.3, 0.4) is 0 Å². The smallest absolute Gasteiger partial charge is 0.181 e. The van der Waals surface area contributed by atoms with Gasteiger partial charge >= 0.3 is 0 Å². The van der Waals surface area contributed by atoms with Gasteiger partial charge in [0.15, 0.2) is 12.0 Å². The van der Waals surface area contributed by atoms with Gasteiger partial charge in [0.25, 0.3) is 0 Å².